The Bertz CT molecular complexity index is 301. The van der Waals surface area contributed by atoms with E-state index in [2.05, 4.69) is 24.1 Å². The van der Waals surface area contributed by atoms with Crippen molar-refractivity contribution in [2.75, 3.05) is 13.1 Å². The van der Waals surface area contributed by atoms with Gasteiger partial charge in [-0.2, -0.15) is 0 Å². The molecule has 0 aromatic rings. The highest BCUT2D eigenvalue weighted by Crippen LogP contribution is 2.37. The third kappa shape index (κ3) is 3.22. The molecule has 0 bridgehead atoms. The van der Waals surface area contributed by atoms with Gasteiger partial charge in [-0.3, -0.25) is 4.90 Å². The van der Waals surface area contributed by atoms with Gasteiger partial charge in [-0.1, -0.05) is 46.0 Å². The summed E-state index contributed by atoms with van der Waals surface area (Å²) in [6.45, 7) is 7.36. The van der Waals surface area contributed by atoms with Crippen LogP contribution in [0.4, 0.5) is 0 Å². The van der Waals surface area contributed by atoms with Crippen LogP contribution in [-0.2, 0) is 0 Å². The third-order valence-electron chi connectivity index (χ3n) is 6.01. The minimum absolute atomic E-state index is 0.491. The summed E-state index contributed by atoms with van der Waals surface area (Å²) in [5.41, 5.74) is 0.491. The van der Waals surface area contributed by atoms with Crippen molar-refractivity contribution in [3.63, 3.8) is 0 Å². The Morgan fingerprint density at radius 3 is 2.40 bits per heavy atom. The van der Waals surface area contributed by atoms with E-state index in [4.69, 9.17) is 0 Å². The number of piperazine rings is 1. The summed E-state index contributed by atoms with van der Waals surface area (Å²) in [4.78, 5) is 2.96. The lowest BCUT2D eigenvalue weighted by molar-refractivity contribution is 0.0199. The predicted molar refractivity (Wildman–Crippen MR) is 86.0 cm³/mol. The Balaban J connectivity index is 1.70. The largest absolute Gasteiger partial charge is 0.308 e. The second-order valence-corrected chi connectivity index (χ2v) is 8.12. The fraction of sp³-hybridized carbons (Fsp3) is 1.00. The predicted octanol–water partition coefficient (Wildman–Crippen LogP) is 3.95. The topological polar surface area (TPSA) is 15.3 Å². The van der Waals surface area contributed by atoms with E-state index in [1.807, 2.05) is 0 Å². The Morgan fingerprint density at radius 2 is 1.75 bits per heavy atom. The quantitative estimate of drug-likeness (QED) is 0.841. The zero-order valence-electron chi connectivity index (χ0n) is 13.7. The van der Waals surface area contributed by atoms with Gasteiger partial charge in [0.05, 0.1) is 0 Å². The summed E-state index contributed by atoms with van der Waals surface area (Å²) in [7, 11) is 0. The monoisotopic (exact) mass is 278 g/mol. The summed E-state index contributed by atoms with van der Waals surface area (Å²) < 4.78 is 0. The Morgan fingerprint density at radius 1 is 1.05 bits per heavy atom. The Labute approximate surface area is 125 Å². The molecule has 1 N–H and O–H groups in total. The molecule has 20 heavy (non-hydrogen) atoms. The molecule has 1 atom stereocenters. The van der Waals surface area contributed by atoms with Crippen LogP contribution in [-0.4, -0.2) is 35.6 Å². The van der Waals surface area contributed by atoms with Crippen molar-refractivity contribution in [2.45, 2.75) is 95.7 Å². The molecule has 0 amide bonds. The highest BCUT2D eigenvalue weighted by atomic mass is 15.3. The van der Waals surface area contributed by atoms with Gasteiger partial charge in [0.1, 0.15) is 0 Å². The summed E-state index contributed by atoms with van der Waals surface area (Å²) in [6, 6.07) is 1.69. The van der Waals surface area contributed by atoms with Crippen LogP contribution < -0.4 is 5.32 Å². The molecule has 0 radical (unpaired) electrons. The first-order valence-electron chi connectivity index (χ1n) is 9.19. The highest BCUT2D eigenvalue weighted by molar-refractivity contribution is 5.02. The molecule has 116 valence electrons. The average Bonchev–Trinajstić information content (AvgIpc) is 2.90. The van der Waals surface area contributed by atoms with Crippen LogP contribution in [0.25, 0.3) is 0 Å². The van der Waals surface area contributed by atoms with E-state index in [-0.39, 0.29) is 0 Å². The van der Waals surface area contributed by atoms with E-state index in [9.17, 15) is 0 Å². The van der Waals surface area contributed by atoms with Crippen molar-refractivity contribution in [2.24, 2.45) is 5.92 Å². The number of hydrogen-bond donors (Lipinski definition) is 1. The van der Waals surface area contributed by atoms with Gasteiger partial charge in [-0.15, -0.1) is 0 Å². The molecule has 2 heteroatoms. The fourth-order valence-corrected chi connectivity index (χ4v) is 4.98. The van der Waals surface area contributed by atoms with Crippen molar-refractivity contribution in [3.8, 4) is 0 Å². The molecule has 2 aliphatic carbocycles. The van der Waals surface area contributed by atoms with E-state index < -0.39 is 0 Å². The van der Waals surface area contributed by atoms with E-state index in [1.54, 1.807) is 0 Å². The molecule has 0 aromatic heterocycles. The summed E-state index contributed by atoms with van der Waals surface area (Å²) >= 11 is 0. The van der Waals surface area contributed by atoms with Gasteiger partial charge in [0.25, 0.3) is 0 Å². The second kappa shape index (κ2) is 6.36. The van der Waals surface area contributed by atoms with Crippen LogP contribution in [0, 0.1) is 5.92 Å². The van der Waals surface area contributed by atoms with Crippen molar-refractivity contribution in [1.29, 1.82) is 0 Å². The molecule has 1 aliphatic heterocycles. The third-order valence-corrected chi connectivity index (χ3v) is 6.01. The number of nitrogens with one attached hydrogen (secondary N) is 1. The molecule has 2 nitrogen and oxygen atoms in total. The maximum absolute atomic E-state index is 3.98. The standard InChI is InChI=1S/C18H34N2/c1-15(2)12-17-13-19-18(10-6-7-11-18)14-20(17)16-8-4-3-5-9-16/h15-17,19H,3-14H2,1-2H3. The number of rotatable bonds is 3. The van der Waals surface area contributed by atoms with Crippen LogP contribution in [0.5, 0.6) is 0 Å². The van der Waals surface area contributed by atoms with Crippen LogP contribution in [0.15, 0.2) is 0 Å². The second-order valence-electron chi connectivity index (χ2n) is 8.12. The summed E-state index contributed by atoms with van der Waals surface area (Å²) in [5.74, 6) is 0.825. The minimum Gasteiger partial charge on any atom is -0.308 e. The molecular weight excluding hydrogens is 244 g/mol. The SMILES string of the molecule is CC(C)CC1CNC2(CCCC2)CN1C1CCCCC1. The van der Waals surface area contributed by atoms with E-state index in [0.29, 0.717) is 5.54 Å². The van der Waals surface area contributed by atoms with Crippen LogP contribution in [0.3, 0.4) is 0 Å². The molecule has 1 saturated heterocycles. The average molecular weight is 278 g/mol. The van der Waals surface area contributed by atoms with Gasteiger partial charge in [0.15, 0.2) is 0 Å². The van der Waals surface area contributed by atoms with Gasteiger partial charge in [-0.05, 0) is 38.0 Å². The molecule has 2 saturated carbocycles. The lowest BCUT2D eigenvalue weighted by Crippen LogP contribution is -2.65. The summed E-state index contributed by atoms with van der Waals surface area (Å²) in [5, 5.41) is 3.98. The van der Waals surface area contributed by atoms with Gasteiger partial charge in [0.2, 0.25) is 0 Å². The molecule has 3 rings (SSSR count). The Kier molecular flexibility index (Phi) is 4.72. The number of nitrogens with zero attached hydrogens (tertiary/aromatic N) is 1. The fourth-order valence-electron chi connectivity index (χ4n) is 4.98. The molecule has 0 aromatic carbocycles. The van der Waals surface area contributed by atoms with Gasteiger partial charge >= 0.3 is 0 Å². The van der Waals surface area contributed by atoms with Crippen LogP contribution in [0.1, 0.15) is 78.1 Å². The van der Waals surface area contributed by atoms with Gasteiger partial charge in [0, 0.05) is 30.7 Å². The van der Waals surface area contributed by atoms with Crippen LogP contribution >= 0.6 is 0 Å². The normalized spacial score (nSPS) is 32.2. The first-order chi connectivity index (χ1) is 9.69. The molecule has 1 spiro atoms. The molecule has 1 unspecified atom stereocenters. The van der Waals surface area contributed by atoms with Crippen molar-refractivity contribution in [3.05, 3.63) is 0 Å². The lowest BCUT2D eigenvalue weighted by atomic mass is 9.85. The van der Waals surface area contributed by atoms with Crippen molar-refractivity contribution >= 4 is 0 Å². The molecule has 3 fully saturated rings. The Hall–Kier alpha value is -0.0800. The van der Waals surface area contributed by atoms with E-state index in [1.165, 1.54) is 77.3 Å². The zero-order chi connectivity index (χ0) is 14.0. The molecule has 3 aliphatic rings. The maximum atomic E-state index is 3.98. The van der Waals surface area contributed by atoms with Crippen molar-refractivity contribution < 1.29 is 0 Å². The number of hydrogen-bond acceptors (Lipinski definition) is 2. The van der Waals surface area contributed by atoms with E-state index in [0.717, 1.165) is 18.0 Å². The smallest absolute Gasteiger partial charge is 0.0309 e. The van der Waals surface area contributed by atoms with E-state index >= 15 is 0 Å². The van der Waals surface area contributed by atoms with Gasteiger partial charge in [-0.25, -0.2) is 0 Å². The lowest BCUT2D eigenvalue weighted by Gasteiger charge is -2.51. The van der Waals surface area contributed by atoms with Crippen molar-refractivity contribution in [1.82, 2.24) is 10.2 Å². The first-order valence-corrected chi connectivity index (χ1v) is 9.19. The van der Waals surface area contributed by atoms with Gasteiger partial charge < -0.3 is 5.32 Å². The van der Waals surface area contributed by atoms with Crippen LogP contribution in [0.2, 0.25) is 0 Å². The minimum atomic E-state index is 0.491. The summed E-state index contributed by atoms with van der Waals surface area (Å²) in [6.07, 6.45) is 14.4. The first kappa shape index (κ1) is 14.8. The maximum Gasteiger partial charge on any atom is 0.0309 e. The zero-order valence-corrected chi connectivity index (χ0v) is 13.7. The molecular formula is C18H34N2. The molecule has 1 heterocycles. The highest BCUT2D eigenvalue weighted by Gasteiger charge is 2.43.